The van der Waals surface area contributed by atoms with E-state index in [-0.39, 0.29) is 6.42 Å². The van der Waals surface area contributed by atoms with Crippen LogP contribution in [-0.4, -0.2) is 16.1 Å². The predicted octanol–water partition coefficient (Wildman–Crippen LogP) is 2.69. The molecule has 0 aliphatic heterocycles. The van der Waals surface area contributed by atoms with Gasteiger partial charge in [0, 0.05) is 4.47 Å². The number of nitrogens with zero attached hydrogens (tertiary/aromatic N) is 1. The average molecular weight is 272 g/mol. The van der Waals surface area contributed by atoms with Gasteiger partial charge in [0.15, 0.2) is 0 Å². The molecule has 2 aromatic rings. The number of hydrogen-bond acceptors (Lipinski definition) is 3. The number of aliphatic carboxylic acids is 1. The van der Waals surface area contributed by atoms with Crippen LogP contribution in [0.25, 0.3) is 10.2 Å². The summed E-state index contributed by atoms with van der Waals surface area (Å²) < 4.78 is 1.89. The van der Waals surface area contributed by atoms with Crippen molar-refractivity contribution in [3.05, 3.63) is 27.7 Å². The van der Waals surface area contributed by atoms with Crippen LogP contribution in [0.5, 0.6) is 0 Å². The van der Waals surface area contributed by atoms with Gasteiger partial charge in [0.2, 0.25) is 0 Å². The fourth-order valence-corrected chi connectivity index (χ4v) is 2.55. The van der Waals surface area contributed by atoms with E-state index in [0.717, 1.165) is 20.3 Å². The molecule has 1 heterocycles. The number of hydrogen-bond donors (Lipinski definition) is 1. The second-order valence-corrected chi connectivity index (χ2v) is 4.57. The third-order valence-corrected chi connectivity index (χ3v) is 3.37. The number of thiazole rings is 1. The van der Waals surface area contributed by atoms with Crippen LogP contribution in [-0.2, 0) is 11.2 Å². The summed E-state index contributed by atoms with van der Waals surface area (Å²) in [5, 5.41) is 8.68. The number of carbonyl (C=O) groups is 1. The van der Waals surface area contributed by atoms with E-state index in [1.54, 1.807) is 16.8 Å². The number of aromatic nitrogens is 1. The van der Waals surface area contributed by atoms with E-state index in [4.69, 9.17) is 5.11 Å². The van der Waals surface area contributed by atoms with Crippen molar-refractivity contribution in [2.75, 3.05) is 0 Å². The van der Waals surface area contributed by atoms with E-state index in [0.29, 0.717) is 0 Å². The standard InChI is InChI=1S/C9H6BrNO2S/c10-6-3-8-7(11-4-14-8)1-5(6)2-9(12)13/h1,3-4H,2H2,(H,12,13). The molecule has 0 unspecified atom stereocenters. The van der Waals surface area contributed by atoms with Crippen molar-refractivity contribution in [3.63, 3.8) is 0 Å². The molecule has 0 amide bonds. The Hall–Kier alpha value is -0.940. The van der Waals surface area contributed by atoms with Crippen molar-refractivity contribution in [3.8, 4) is 0 Å². The van der Waals surface area contributed by atoms with Crippen LogP contribution in [0, 0.1) is 0 Å². The molecule has 0 saturated heterocycles. The van der Waals surface area contributed by atoms with Crippen molar-refractivity contribution in [2.45, 2.75) is 6.42 Å². The number of halogens is 1. The molecule has 0 spiro atoms. The summed E-state index contributed by atoms with van der Waals surface area (Å²) >= 11 is 4.89. The van der Waals surface area contributed by atoms with E-state index in [9.17, 15) is 4.79 Å². The highest BCUT2D eigenvalue weighted by atomic mass is 79.9. The Bertz CT molecular complexity index is 495. The largest absolute Gasteiger partial charge is 0.481 e. The fraction of sp³-hybridized carbons (Fsp3) is 0.111. The summed E-state index contributed by atoms with van der Waals surface area (Å²) in [6, 6.07) is 3.72. The van der Waals surface area contributed by atoms with E-state index < -0.39 is 5.97 Å². The van der Waals surface area contributed by atoms with Gasteiger partial charge in [-0.2, -0.15) is 0 Å². The summed E-state index contributed by atoms with van der Waals surface area (Å²) in [6.07, 6.45) is 0.0219. The van der Waals surface area contributed by atoms with Crippen LogP contribution in [0.15, 0.2) is 22.1 Å². The van der Waals surface area contributed by atoms with Crippen LogP contribution in [0.3, 0.4) is 0 Å². The number of carboxylic acid groups (broad SMARTS) is 1. The molecule has 0 atom stereocenters. The first-order valence-corrected chi connectivity index (χ1v) is 5.57. The van der Waals surface area contributed by atoms with Crippen molar-refractivity contribution < 1.29 is 9.90 Å². The highest BCUT2D eigenvalue weighted by molar-refractivity contribution is 9.10. The second kappa shape index (κ2) is 3.67. The Labute approximate surface area is 92.5 Å². The molecule has 1 aromatic heterocycles. The zero-order chi connectivity index (χ0) is 10.1. The van der Waals surface area contributed by atoms with E-state index in [2.05, 4.69) is 20.9 Å². The lowest BCUT2D eigenvalue weighted by Gasteiger charge is -2.00. The van der Waals surface area contributed by atoms with Crippen molar-refractivity contribution in [1.29, 1.82) is 0 Å². The van der Waals surface area contributed by atoms with Gasteiger partial charge in [-0.1, -0.05) is 15.9 Å². The quantitative estimate of drug-likeness (QED) is 0.914. The zero-order valence-electron chi connectivity index (χ0n) is 7.03. The third-order valence-electron chi connectivity index (χ3n) is 1.84. The van der Waals surface area contributed by atoms with Crippen LogP contribution in [0.4, 0.5) is 0 Å². The molecule has 2 rings (SSSR count). The molecular formula is C9H6BrNO2S. The minimum absolute atomic E-state index is 0.0219. The maximum absolute atomic E-state index is 10.6. The predicted molar refractivity (Wildman–Crippen MR) is 58.7 cm³/mol. The first kappa shape index (κ1) is 9.61. The van der Waals surface area contributed by atoms with Crippen molar-refractivity contribution in [1.82, 2.24) is 4.98 Å². The second-order valence-electron chi connectivity index (χ2n) is 2.83. The average Bonchev–Trinajstić information content (AvgIpc) is 2.51. The fourth-order valence-electron chi connectivity index (χ4n) is 1.22. The van der Waals surface area contributed by atoms with Gasteiger partial charge < -0.3 is 5.11 Å². The van der Waals surface area contributed by atoms with Gasteiger partial charge in [0.05, 0.1) is 22.1 Å². The topological polar surface area (TPSA) is 50.2 Å². The van der Waals surface area contributed by atoms with Crippen LogP contribution >= 0.6 is 27.3 Å². The minimum atomic E-state index is -0.833. The van der Waals surface area contributed by atoms with Gasteiger partial charge in [0.1, 0.15) is 0 Å². The highest BCUT2D eigenvalue weighted by Crippen LogP contribution is 2.26. The van der Waals surface area contributed by atoms with Gasteiger partial charge in [-0.3, -0.25) is 4.79 Å². The summed E-state index contributed by atoms with van der Waals surface area (Å²) in [7, 11) is 0. The Kier molecular flexibility index (Phi) is 2.52. The lowest BCUT2D eigenvalue weighted by atomic mass is 10.1. The van der Waals surface area contributed by atoms with Gasteiger partial charge in [-0.25, -0.2) is 4.98 Å². The minimum Gasteiger partial charge on any atom is -0.481 e. The van der Waals surface area contributed by atoms with E-state index in [1.807, 2.05) is 12.1 Å². The third kappa shape index (κ3) is 1.78. The SMILES string of the molecule is O=C(O)Cc1cc2ncsc2cc1Br. The molecule has 0 fully saturated rings. The Morgan fingerprint density at radius 1 is 1.57 bits per heavy atom. The van der Waals surface area contributed by atoms with Crippen LogP contribution < -0.4 is 0 Å². The Balaban J connectivity index is 2.53. The molecular weight excluding hydrogens is 266 g/mol. The van der Waals surface area contributed by atoms with Crippen molar-refractivity contribution in [2.24, 2.45) is 0 Å². The van der Waals surface area contributed by atoms with Gasteiger partial charge in [-0.05, 0) is 17.7 Å². The Morgan fingerprint density at radius 3 is 3.07 bits per heavy atom. The lowest BCUT2D eigenvalue weighted by molar-refractivity contribution is -0.136. The molecule has 0 radical (unpaired) electrons. The first-order valence-electron chi connectivity index (χ1n) is 3.90. The van der Waals surface area contributed by atoms with Crippen LogP contribution in [0.1, 0.15) is 5.56 Å². The molecule has 0 saturated carbocycles. The first-order chi connectivity index (χ1) is 6.66. The maximum Gasteiger partial charge on any atom is 0.307 e. The molecule has 1 N–H and O–H groups in total. The molecule has 0 bridgehead atoms. The smallest absolute Gasteiger partial charge is 0.307 e. The summed E-state index contributed by atoms with van der Waals surface area (Å²) in [4.78, 5) is 14.7. The van der Waals surface area contributed by atoms with Gasteiger partial charge >= 0.3 is 5.97 Å². The summed E-state index contributed by atoms with van der Waals surface area (Å²) in [5.41, 5.74) is 3.37. The van der Waals surface area contributed by atoms with Crippen molar-refractivity contribution >= 4 is 43.5 Å². The maximum atomic E-state index is 10.6. The number of benzene rings is 1. The highest BCUT2D eigenvalue weighted by Gasteiger charge is 2.07. The molecule has 0 aliphatic rings. The lowest BCUT2D eigenvalue weighted by Crippen LogP contribution is -2.00. The molecule has 3 nitrogen and oxygen atoms in total. The number of carboxylic acids is 1. The number of fused-ring (bicyclic) bond motifs is 1. The Morgan fingerprint density at radius 2 is 2.36 bits per heavy atom. The van der Waals surface area contributed by atoms with Crippen LogP contribution in [0.2, 0.25) is 0 Å². The summed E-state index contributed by atoms with van der Waals surface area (Å²) in [5.74, 6) is -0.833. The van der Waals surface area contributed by atoms with Gasteiger partial charge in [0.25, 0.3) is 0 Å². The normalized spacial score (nSPS) is 10.6. The zero-order valence-corrected chi connectivity index (χ0v) is 9.43. The van der Waals surface area contributed by atoms with Gasteiger partial charge in [-0.15, -0.1) is 11.3 Å². The molecule has 5 heteroatoms. The molecule has 14 heavy (non-hydrogen) atoms. The molecule has 72 valence electrons. The number of rotatable bonds is 2. The van der Waals surface area contributed by atoms with E-state index >= 15 is 0 Å². The molecule has 0 aliphatic carbocycles. The molecule has 1 aromatic carbocycles. The monoisotopic (exact) mass is 271 g/mol. The van der Waals surface area contributed by atoms with E-state index in [1.165, 1.54) is 0 Å². The summed E-state index contributed by atoms with van der Waals surface area (Å²) in [6.45, 7) is 0.